The first-order valence-electron chi connectivity index (χ1n) is 7.89. The molecule has 1 N–H and O–H groups in total. The van der Waals surface area contributed by atoms with Gasteiger partial charge in [-0.2, -0.15) is 13.2 Å². The van der Waals surface area contributed by atoms with Gasteiger partial charge < -0.3 is 10.0 Å². The number of likely N-dealkylation sites (tertiary alicyclic amines) is 1. The molecular weight excluding hydrogens is 291 g/mol. The van der Waals surface area contributed by atoms with Crippen molar-refractivity contribution >= 4 is 0 Å². The zero-order chi connectivity index (χ0) is 16.2. The standard InChI is InChI=1S/C17H24F3NO/c1-13-5-2-3-6-14(13)7-4-10-21-11-8-15(9-12-21)16(22)17(18,19)20/h2-3,5-6,15-16,22H,4,7-12H2,1H3. The summed E-state index contributed by atoms with van der Waals surface area (Å²) in [4.78, 5) is 2.21. The molecule has 1 aliphatic rings. The van der Waals surface area contributed by atoms with Gasteiger partial charge in [-0.1, -0.05) is 24.3 Å². The van der Waals surface area contributed by atoms with Crippen molar-refractivity contribution in [2.24, 2.45) is 5.92 Å². The van der Waals surface area contributed by atoms with E-state index < -0.39 is 18.2 Å². The van der Waals surface area contributed by atoms with Crippen LogP contribution in [0, 0.1) is 12.8 Å². The van der Waals surface area contributed by atoms with Crippen LogP contribution in [0.5, 0.6) is 0 Å². The number of alkyl halides is 3. The molecule has 0 aliphatic carbocycles. The molecule has 1 atom stereocenters. The summed E-state index contributed by atoms with van der Waals surface area (Å²) in [5, 5.41) is 9.31. The van der Waals surface area contributed by atoms with Gasteiger partial charge in [0, 0.05) is 0 Å². The lowest BCUT2D eigenvalue weighted by molar-refractivity contribution is -0.223. The van der Waals surface area contributed by atoms with Gasteiger partial charge in [0.2, 0.25) is 0 Å². The maximum Gasteiger partial charge on any atom is 0.414 e. The van der Waals surface area contributed by atoms with Crippen molar-refractivity contribution < 1.29 is 18.3 Å². The molecule has 1 saturated heterocycles. The van der Waals surface area contributed by atoms with Gasteiger partial charge in [-0.25, -0.2) is 0 Å². The number of rotatable bonds is 5. The Morgan fingerprint density at radius 2 is 1.86 bits per heavy atom. The molecule has 22 heavy (non-hydrogen) atoms. The van der Waals surface area contributed by atoms with Crippen LogP contribution >= 0.6 is 0 Å². The molecule has 0 spiro atoms. The van der Waals surface area contributed by atoms with Gasteiger partial charge in [0.25, 0.3) is 0 Å². The summed E-state index contributed by atoms with van der Waals surface area (Å²) in [5.74, 6) is -0.646. The van der Waals surface area contributed by atoms with Gasteiger partial charge in [0.05, 0.1) is 0 Å². The Balaban J connectivity index is 1.71. The van der Waals surface area contributed by atoms with E-state index >= 15 is 0 Å². The first kappa shape index (κ1) is 17.3. The average Bonchev–Trinajstić information content (AvgIpc) is 2.48. The van der Waals surface area contributed by atoms with Crippen molar-refractivity contribution in [3.05, 3.63) is 35.4 Å². The topological polar surface area (TPSA) is 23.5 Å². The lowest BCUT2D eigenvalue weighted by Crippen LogP contribution is -2.43. The van der Waals surface area contributed by atoms with Crippen molar-refractivity contribution in [2.75, 3.05) is 19.6 Å². The van der Waals surface area contributed by atoms with E-state index in [1.165, 1.54) is 11.1 Å². The number of benzene rings is 1. The quantitative estimate of drug-likeness (QED) is 0.898. The number of piperidine rings is 1. The van der Waals surface area contributed by atoms with Gasteiger partial charge in [-0.15, -0.1) is 0 Å². The molecule has 1 aliphatic heterocycles. The maximum absolute atomic E-state index is 12.5. The zero-order valence-electron chi connectivity index (χ0n) is 12.9. The van der Waals surface area contributed by atoms with Crippen LogP contribution in [-0.2, 0) is 6.42 Å². The highest BCUT2D eigenvalue weighted by Gasteiger charge is 2.43. The van der Waals surface area contributed by atoms with Crippen molar-refractivity contribution in [3.63, 3.8) is 0 Å². The molecular formula is C17H24F3NO. The van der Waals surface area contributed by atoms with E-state index in [1.807, 2.05) is 12.1 Å². The molecule has 0 saturated carbocycles. The fourth-order valence-corrected chi connectivity index (χ4v) is 3.14. The fourth-order valence-electron chi connectivity index (χ4n) is 3.14. The highest BCUT2D eigenvalue weighted by molar-refractivity contribution is 5.25. The number of hydrogen-bond acceptors (Lipinski definition) is 2. The summed E-state index contributed by atoms with van der Waals surface area (Å²) < 4.78 is 37.5. The predicted molar refractivity (Wildman–Crippen MR) is 80.7 cm³/mol. The van der Waals surface area contributed by atoms with Crippen molar-refractivity contribution in [1.82, 2.24) is 4.90 Å². The molecule has 0 bridgehead atoms. The third kappa shape index (κ3) is 4.71. The highest BCUT2D eigenvalue weighted by Crippen LogP contribution is 2.31. The molecule has 1 aromatic rings. The highest BCUT2D eigenvalue weighted by atomic mass is 19.4. The molecule has 0 aromatic heterocycles. The van der Waals surface area contributed by atoms with Crippen molar-refractivity contribution in [1.29, 1.82) is 0 Å². The van der Waals surface area contributed by atoms with E-state index in [2.05, 4.69) is 24.0 Å². The van der Waals surface area contributed by atoms with E-state index in [-0.39, 0.29) is 0 Å². The Labute approximate surface area is 129 Å². The number of aliphatic hydroxyl groups excluding tert-OH is 1. The van der Waals surface area contributed by atoms with E-state index in [4.69, 9.17) is 0 Å². The minimum Gasteiger partial charge on any atom is -0.383 e. The third-order valence-corrected chi connectivity index (χ3v) is 4.60. The van der Waals surface area contributed by atoms with Crippen LogP contribution in [0.25, 0.3) is 0 Å². The smallest absolute Gasteiger partial charge is 0.383 e. The van der Waals surface area contributed by atoms with Crippen molar-refractivity contribution in [3.8, 4) is 0 Å². The minimum atomic E-state index is -4.49. The van der Waals surface area contributed by atoms with Crippen LogP contribution < -0.4 is 0 Å². The number of aliphatic hydroxyl groups is 1. The minimum absolute atomic E-state index is 0.422. The van der Waals surface area contributed by atoms with Crippen LogP contribution in [0.1, 0.15) is 30.4 Å². The molecule has 124 valence electrons. The maximum atomic E-state index is 12.5. The van der Waals surface area contributed by atoms with Crippen molar-refractivity contribution in [2.45, 2.75) is 44.9 Å². The number of hydrogen-bond donors (Lipinski definition) is 1. The molecule has 0 radical (unpaired) electrons. The third-order valence-electron chi connectivity index (χ3n) is 4.60. The largest absolute Gasteiger partial charge is 0.414 e. The molecule has 1 heterocycles. The summed E-state index contributed by atoms with van der Waals surface area (Å²) in [7, 11) is 0. The first-order chi connectivity index (χ1) is 10.4. The monoisotopic (exact) mass is 315 g/mol. The molecule has 2 rings (SSSR count). The lowest BCUT2D eigenvalue weighted by atomic mass is 9.90. The SMILES string of the molecule is Cc1ccccc1CCCN1CCC(C(O)C(F)(F)F)CC1. The predicted octanol–water partition coefficient (Wildman–Crippen LogP) is 3.56. The summed E-state index contributed by atoms with van der Waals surface area (Å²) in [5.41, 5.74) is 2.62. The molecule has 1 fully saturated rings. The summed E-state index contributed by atoms with van der Waals surface area (Å²) in [6.07, 6.45) is -3.80. The summed E-state index contributed by atoms with van der Waals surface area (Å²) in [6, 6.07) is 8.28. The second kappa shape index (κ2) is 7.47. The average molecular weight is 315 g/mol. The van der Waals surface area contributed by atoms with Crippen LogP contribution in [0.4, 0.5) is 13.2 Å². The second-order valence-electron chi connectivity index (χ2n) is 6.20. The Kier molecular flexibility index (Phi) is 5.87. The van der Waals surface area contributed by atoms with Crippen LogP contribution in [0.3, 0.4) is 0 Å². The normalized spacial score (nSPS) is 19.3. The fraction of sp³-hybridized carbons (Fsp3) is 0.647. The van der Waals surface area contributed by atoms with Crippen LogP contribution in [0.2, 0.25) is 0 Å². The Morgan fingerprint density at radius 1 is 1.23 bits per heavy atom. The van der Waals surface area contributed by atoms with Gasteiger partial charge >= 0.3 is 6.18 Å². The molecule has 0 amide bonds. The van der Waals surface area contributed by atoms with Gasteiger partial charge in [-0.05, 0) is 69.3 Å². The zero-order valence-corrected chi connectivity index (χ0v) is 12.9. The number of aryl methyl sites for hydroxylation is 2. The number of nitrogens with zero attached hydrogens (tertiary/aromatic N) is 1. The van der Waals surface area contributed by atoms with E-state index in [9.17, 15) is 18.3 Å². The number of halogens is 3. The van der Waals surface area contributed by atoms with Crippen LogP contribution in [0.15, 0.2) is 24.3 Å². The van der Waals surface area contributed by atoms with E-state index in [0.29, 0.717) is 25.9 Å². The van der Waals surface area contributed by atoms with Gasteiger partial charge in [0.15, 0.2) is 6.10 Å². The van der Waals surface area contributed by atoms with Gasteiger partial charge in [-0.3, -0.25) is 0 Å². The lowest BCUT2D eigenvalue weighted by Gasteiger charge is -2.34. The Bertz CT molecular complexity index is 467. The van der Waals surface area contributed by atoms with Crippen LogP contribution in [-0.4, -0.2) is 41.9 Å². The van der Waals surface area contributed by atoms with E-state index in [0.717, 1.165) is 19.4 Å². The van der Waals surface area contributed by atoms with E-state index in [1.54, 1.807) is 0 Å². The molecule has 1 unspecified atom stereocenters. The first-order valence-corrected chi connectivity index (χ1v) is 7.89. The molecule has 2 nitrogen and oxygen atoms in total. The molecule has 1 aromatic carbocycles. The second-order valence-corrected chi connectivity index (χ2v) is 6.20. The Morgan fingerprint density at radius 3 is 2.45 bits per heavy atom. The van der Waals surface area contributed by atoms with Gasteiger partial charge in [0.1, 0.15) is 0 Å². The molecule has 5 heteroatoms. The summed E-state index contributed by atoms with van der Waals surface area (Å²) in [6.45, 7) is 4.29. The Hall–Kier alpha value is -1.07. The summed E-state index contributed by atoms with van der Waals surface area (Å²) >= 11 is 0.